The number of fused-ring (bicyclic) bond motifs is 3. The summed E-state index contributed by atoms with van der Waals surface area (Å²) in [5, 5.41) is 2.42. The van der Waals surface area contributed by atoms with Crippen LogP contribution in [0.4, 0.5) is 5.69 Å². The largest absolute Gasteiger partial charge is 0.454 e. The van der Waals surface area contributed by atoms with Crippen molar-refractivity contribution in [3.05, 3.63) is 54.4 Å². The first kappa shape index (κ1) is 15.0. The van der Waals surface area contributed by atoms with Gasteiger partial charge in [-0.15, -0.1) is 0 Å². The Morgan fingerprint density at radius 3 is 2.64 bits per heavy atom. The Morgan fingerprint density at radius 1 is 1.00 bits per heavy atom. The predicted octanol–water partition coefficient (Wildman–Crippen LogP) is 5.53. The molecule has 3 heterocycles. The van der Waals surface area contributed by atoms with Crippen molar-refractivity contribution in [1.82, 2.24) is 0 Å². The minimum atomic E-state index is 0.429. The molecule has 3 heteroatoms. The highest BCUT2D eigenvalue weighted by Crippen LogP contribution is 2.41. The van der Waals surface area contributed by atoms with Crippen molar-refractivity contribution in [3.63, 3.8) is 0 Å². The van der Waals surface area contributed by atoms with E-state index in [9.17, 15) is 0 Å². The summed E-state index contributed by atoms with van der Waals surface area (Å²) in [4.78, 5) is 2.45. The van der Waals surface area contributed by atoms with E-state index in [1.165, 1.54) is 54.4 Å². The third-order valence-corrected chi connectivity index (χ3v) is 6.30. The fraction of sp³-hybridized carbons (Fsp3) is 0.364. The lowest BCUT2D eigenvalue weighted by atomic mass is 10.1. The number of hydrogen-bond acceptors (Lipinski definition) is 2. The standard InChI is InChI=1S/C22H25N2O/c1-16-10-11-19-18-8-4-5-9-20(18)25-22(19)21(16)23-12-15-24(17(23)2)13-6-3-7-14-24/h4-5,8-12,15,17H,3,6-7,13-14H2,1-2H3/q+1. The van der Waals surface area contributed by atoms with Crippen LogP contribution in [-0.4, -0.2) is 23.7 Å². The van der Waals surface area contributed by atoms with Crippen molar-refractivity contribution in [2.75, 3.05) is 18.0 Å². The summed E-state index contributed by atoms with van der Waals surface area (Å²) in [7, 11) is 0. The molecular formula is C22H25N2O+. The molecule has 25 heavy (non-hydrogen) atoms. The normalized spacial score (nSPS) is 22.5. The van der Waals surface area contributed by atoms with Crippen molar-refractivity contribution in [2.45, 2.75) is 39.3 Å². The summed E-state index contributed by atoms with van der Waals surface area (Å²) in [5.74, 6) is 0. The van der Waals surface area contributed by atoms with Crippen LogP contribution in [-0.2, 0) is 0 Å². The second-order valence-corrected chi connectivity index (χ2v) is 7.65. The van der Waals surface area contributed by atoms with Gasteiger partial charge in [-0.2, -0.15) is 0 Å². The molecule has 0 bridgehead atoms. The molecule has 3 aromatic rings. The molecule has 2 aliphatic heterocycles. The van der Waals surface area contributed by atoms with Gasteiger partial charge in [-0.1, -0.05) is 30.3 Å². The van der Waals surface area contributed by atoms with Gasteiger partial charge in [0.15, 0.2) is 11.7 Å². The summed E-state index contributed by atoms with van der Waals surface area (Å²) >= 11 is 0. The summed E-state index contributed by atoms with van der Waals surface area (Å²) < 4.78 is 7.41. The quantitative estimate of drug-likeness (QED) is 0.544. The third kappa shape index (κ3) is 2.09. The van der Waals surface area contributed by atoms with Gasteiger partial charge in [0, 0.05) is 17.7 Å². The van der Waals surface area contributed by atoms with Crippen LogP contribution < -0.4 is 4.90 Å². The van der Waals surface area contributed by atoms with E-state index in [1.807, 2.05) is 6.07 Å². The fourth-order valence-electron chi connectivity index (χ4n) is 4.78. The molecule has 1 spiro atoms. The zero-order valence-corrected chi connectivity index (χ0v) is 15.0. The highest BCUT2D eigenvalue weighted by atomic mass is 16.3. The highest BCUT2D eigenvalue weighted by molar-refractivity contribution is 6.09. The molecule has 1 unspecified atom stereocenters. The molecule has 1 saturated heterocycles. The number of furan rings is 1. The number of hydrogen-bond donors (Lipinski definition) is 0. The molecule has 5 rings (SSSR count). The Labute approximate surface area is 148 Å². The van der Waals surface area contributed by atoms with Gasteiger partial charge in [-0.3, -0.25) is 9.38 Å². The zero-order chi connectivity index (χ0) is 17.0. The van der Waals surface area contributed by atoms with E-state index in [0.29, 0.717) is 6.17 Å². The number of benzene rings is 2. The maximum Gasteiger partial charge on any atom is 0.170 e. The van der Waals surface area contributed by atoms with Crippen molar-refractivity contribution < 1.29 is 8.90 Å². The van der Waals surface area contributed by atoms with Gasteiger partial charge in [0.25, 0.3) is 0 Å². The van der Waals surface area contributed by atoms with Gasteiger partial charge in [0.2, 0.25) is 0 Å². The Hall–Kier alpha value is -2.26. The molecule has 0 saturated carbocycles. The SMILES string of the molecule is Cc1ccc2c(oc3ccccc32)c1N1C=C[N+]2(CCCCC2)C1C. The number of aryl methyl sites for hydroxylation is 1. The van der Waals surface area contributed by atoms with Crippen molar-refractivity contribution >= 4 is 27.6 Å². The summed E-state index contributed by atoms with van der Waals surface area (Å²) in [6.45, 7) is 7.07. The molecule has 0 amide bonds. The van der Waals surface area contributed by atoms with Crippen LogP contribution in [0.25, 0.3) is 21.9 Å². The highest BCUT2D eigenvalue weighted by Gasteiger charge is 2.42. The van der Waals surface area contributed by atoms with E-state index in [2.05, 4.69) is 61.5 Å². The molecule has 1 aromatic heterocycles. The monoisotopic (exact) mass is 333 g/mol. The smallest absolute Gasteiger partial charge is 0.170 e. The van der Waals surface area contributed by atoms with Crippen LogP contribution in [0, 0.1) is 6.92 Å². The topological polar surface area (TPSA) is 16.4 Å². The van der Waals surface area contributed by atoms with Gasteiger partial charge in [-0.25, -0.2) is 0 Å². The summed E-state index contributed by atoms with van der Waals surface area (Å²) in [6, 6.07) is 12.8. The van der Waals surface area contributed by atoms with Crippen LogP contribution >= 0.6 is 0 Å². The van der Waals surface area contributed by atoms with Gasteiger partial charge in [0.05, 0.1) is 25.0 Å². The third-order valence-electron chi connectivity index (χ3n) is 6.30. The number of rotatable bonds is 1. The van der Waals surface area contributed by atoms with Crippen molar-refractivity contribution in [3.8, 4) is 0 Å². The van der Waals surface area contributed by atoms with Crippen LogP contribution in [0.15, 0.2) is 53.2 Å². The van der Waals surface area contributed by atoms with E-state index in [1.54, 1.807) is 0 Å². The first-order valence-corrected chi connectivity index (χ1v) is 9.45. The lowest BCUT2D eigenvalue weighted by Gasteiger charge is -2.41. The van der Waals surface area contributed by atoms with Gasteiger partial charge < -0.3 is 4.42 Å². The van der Waals surface area contributed by atoms with Crippen LogP contribution in [0.3, 0.4) is 0 Å². The molecule has 0 radical (unpaired) electrons. The minimum absolute atomic E-state index is 0.429. The molecule has 2 aliphatic rings. The van der Waals surface area contributed by atoms with Crippen molar-refractivity contribution in [1.29, 1.82) is 0 Å². The second-order valence-electron chi connectivity index (χ2n) is 7.65. The fourth-order valence-corrected chi connectivity index (χ4v) is 4.78. The van der Waals surface area contributed by atoms with Gasteiger partial charge in [-0.05, 0) is 37.8 Å². The number of anilines is 1. The van der Waals surface area contributed by atoms with Crippen LogP contribution in [0.5, 0.6) is 0 Å². The minimum Gasteiger partial charge on any atom is -0.454 e. The van der Waals surface area contributed by atoms with E-state index < -0.39 is 0 Å². The number of nitrogens with zero attached hydrogens (tertiary/aromatic N) is 2. The molecule has 0 N–H and O–H groups in total. The molecule has 3 nitrogen and oxygen atoms in total. The Kier molecular flexibility index (Phi) is 3.23. The zero-order valence-electron chi connectivity index (χ0n) is 15.0. The average molecular weight is 333 g/mol. The maximum absolute atomic E-state index is 6.32. The number of para-hydroxylation sites is 1. The Balaban J connectivity index is 1.68. The summed E-state index contributed by atoms with van der Waals surface area (Å²) in [5.41, 5.74) is 4.51. The molecule has 0 aliphatic carbocycles. The first-order chi connectivity index (χ1) is 12.2. The first-order valence-electron chi connectivity index (χ1n) is 9.45. The van der Waals surface area contributed by atoms with E-state index in [-0.39, 0.29) is 0 Å². The molecule has 1 atom stereocenters. The van der Waals surface area contributed by atoms with Gasteiger partial charge in [0.1, 0.15) is 11.8 Å². The predicted molar refractivity (Wildman–Crippen MR) is 103 cm³/mol. The number of quaternary nitrogens is 1. The second kappa shape index (κ2) is 5.37. The molecule has 1 fully saturated rings. The Bertz CT molecular complexity index is 978. The van der Waals surface area contributed by atoms with Crippen LogP contribution in [0.2, 0.25) is 0 Å². The lowest BCUT2D eigenvalue weighted by Crippen LogP contribution is -2.55. The van der Waals surface area contributed by atoms with Crippen LogP contribution in [0.1, 0.15) is 31.7 Å². The molecular weight excluding hydrogens is 308 g/mol. The lowest BCUT2D eigenvalue weighted by molar-refractivity contribution is -0.900. The number of piperidine rings is 1. The Morgan fingerprint density at radius 2 is 1.80 bits per heavy atom. The van der Waals surface area contributed by atoms with Gasteiger partial charge >= 0.3 is 0 Å². The molecule has 2 aromatic carbocycles. The average Bonchev–Trinajstić information content (AvgIpc) is 3.15. The van der Waals surface area contributed by atoms with E-state index in [0.717, 1.165) is 15.6 Å². The maximum atomic E-state index is 6.32. The van der Waals surface area contributed by atoms with Crippen molar-refractivity contribution in [2.24, 2.45) is 0 Å². The van der Waals surface area contributed by atoms with E-state index >= 15 is 0 Å². The summed E-state index contributed by atoms with van der Waals surface area (Å²) in [6.07, 6.45) is 9.18. The molecule has 128 valence electrons. The van der Waals surface area contributed by atoms with E-state index in [4.69, 9.17) is 4.42 Å².